The van der Waals surface area contributed by atoms with Crippen molar-refractivity contribution >= 4 is 22.8 Å². The molecular weight excluding hydrogens is 284 g/mol. The molecule has 116 valence electrons. The van der Waals surface area contributed by atoms with Crippen molar-refractivity contribution in [1.82, 2.24) is 18.7 Å². The molecule has 1 aliphatic rings. The van der Waals surface area contributed by atoms with Gasteiger partial charge in [0.05, 0.1) is 18.3 Å². The van der Waals surface area contributed by atoms with Gasteiger partial charge in [-0.25, -0.2) is 10.2 Å². The molecular formula is C14H18N6O2. The lowest BCUT2D eigenvalue weighted by molar-refractivity contribution is 0.640. The molecule has 2 aromatic rings. The number of rotatable bonds is 2. The smallest absolute Gasteiger partial charge is 0.294 e. The van der Waals surface area contributed by atoms with Crippen molar-refractivity contribution in [2.45, 2.75) is 33.4 Å². The number of aryl methyl sites for hydroxylation is 1. The third-order valence-electron chi connectivity index (χ3n) is 3.93. The number of hydrogen-bond acceptors (Lipinski definition) is 5. The minimum absolute atomic E-state index is 0.107. The first-order valence-electron chi connectivity index (χ1n) is 6.99. The Hall–Kier alpha value is -2.64. The summed E-state index contributed by atoms with van der Waals surface area (Å²) in [6, 6.07) is -0.107. The summed E-state index contributed by atoms with van der Waals surface area (Å²) in [6.45, 7) is 9.57. The number of hydrazone groups is 1. The zero-order valence-corrected chi connectivity index (χ0v) is 13.0. The third-order valence-corrected chi connectivity index (χ3v) is 3.93. The second-order valence-corrected chi connectivity index (χ2v) is 5.71. The molecule has 22 heavy (non-hydrogen) atoms. The Bertz CT molecular complexity index is 943. The van der Waals surface area contributed by atoms with Gasteiger partial charge >= 0.3 is 5.69 Å². The van der Waals surface area contributed by atoms with E-state index in [1.165, 1.54) is 9.13 Å². The second kappa shape index (κ2) is 4.69. The number of fused-ring (bicyclic) bond motifs is 3. The summed E-state index contributed by atoms with van der Waals surface area (Å²) < 4.78 is 4.36. The number of imidazole rings is 1. The van der Waals surface area contributed by atoms with Gasteiger partial charge in [-0.2, -0.15) is 10.1 Å². The number of nitrogens with zero attached hydrogens (tertiary/aromatic N) is 5. The Morgan fingerprint density at radius 2 is 2.09 bits per heavy atom. The highest BCUT2D eigenvalue weighted by molar-refractivity contribution is 5.90. The van der Waals surface area contributed by atoms with Gasteiger partial charge in [0.1, 0.15) is 0 Å². The van der Waals surface area contributed by atoms with E-state index < -0.39 is 5.69 Å². The van der Waals surface area contributed by atoms with Crippen LogP contribution >= 0.6 is 0 Å². The van der Waals surface area contributed by atoms with Gasteiger partial charge in [0.15, 0.2) is 11.2 Å². The first-order chi connectivity index (χ1) is 10.3. The average molecular weight is 302 g/mol. The molecule has 0 unspecified atom stereocenters. The van der Waals surface area contributed by atoms with Crippen molar-refractivity contribution in [3.63, 3.8) is 0 Å². The molecule has 3 heterocycles. The Morgan fingerprint density at radius 3 is 2.73 bits per heavy atom. The van der Waals surface area contributed by atoms with Crippen LogP contribution in [0.25, 0.3) is 11.2 Å². The minimum Gasteiger partial charge on any atom is -0.294 e. The Balaban J connectivity index is 2.43. The molecule has 0 spiro atoms. The first kappa shape index (κ1) is 14.3. The molecule has 0 aliphatic carbocycles. The second-order valence-electron chi connectivity index (χ2n) is 5.71. The normalized spacial score (nSPS) is 17.1. The number of nitrogens with one attached hydrogen (secondary N) is 1. The van der Waals surface area contributed by atoms with Gasteiger partial charge < -0.3 is 0 Å². The fraction of sp³-hybridized carbons (Fsp3) is 0.429. The largest absolute Gasteiger partial charge is 0.332 e. The highest BCUT2D eigenvalue weighted by Crippen LogP contribution is 2.25. The molecule has 0 amide bonds. The molecule has 0 bridgehead atoms. The summed E-state index contributed by atoms with van der Waals surface area (Å²) in [5.74, 6) is 0.466. The predicted molar refractivity (Wildman–Crippen MR) is 85.5 cm³/mol. The van der Waals surface area contributed by atoms with Crippen molar-refractivity contribution in [3.05, 3.63) is 33.0 Å². The number of allylic oxidation sites excluding steroid dienone is 1. The van der Waals surface area contributed by atoms with Crippen molar-refractivity contribution < 1.29 is 0 Å². The molecule has 0 radical (unpaired) electrons. The van der Waals surface area contributed by atoms with E-state index in [0.29, 0.717) is 17.1 Å². The van der Waals surface area contributed by atoms with Crippen LogP contribution in [0.1, 0.15) is 26.8 Å². The van der Waals surface area contributed by atoms with E-state index in [0.717, 1.165) is 11.3 Å². The highest BCUT2D eigenvalue weighted by atomic mass is 16.2. The van der Waals surface area contributed by atoms with E-state index in [4.69, 9.17) is 0 Å². The van der Waals surface area contributed by atoms with E-state index in [1.54, 1.807) is 18.5 Å². The summed E-state index contributed by atoms with van der Waals surface area (Å²) in [5.41, 5.74) is 4.39. The van der Waals surface area contributed by atoms with Crippen molar-refractivity contribution in [2.75, 3.05) is 5.43 Å². The summed E-state index contributed by atoms with van der Waals surface area (Å²) in [6.07, 6.45) is 0. The van der Waals surface area contributed by atoms with Gasteiger partial charge in [-0.05, 0) is 20.8 Å². The standard InChI is InChI=1S/C14H18N6O2/c1-7(2)6-19-12(21)10-11(18(5)14(19)22)15-13-17-16-8(3)9(4)20(10)13/h9H,1,6H2,2-5H3,(H,15,17)/t9-/m0/s1. The van der Waals surface area contributed by atoms with E-state index in [1.807, 2.05) is 13.8 Å². The molecule has 1 atom stereocenters. The SMILES string of the molecule is C=C(C)Cn1c(=O)c2c(nc3n2[C@@H](C)C(C)=NN3)n(C)c1=O. The zero-order valence-electron chi connectivity index (χ0n) is 13.0. The lowest BCUT2D eigenvalue weighted by Crippen LogP contribution is -2.40. The quantitative estimate of drug-likeness (QED) is 0.833. The minimum atomic E-state index is -0.402. The van der Waals surface area contributed by atoms with Crippen molar-refractivity contribution in [3.8, 4) is 0 Å². The Labute approximate surface area is 126 Å². The maximum Gasteiger partial charge on any atom is 0.332 e. The van der Waals surface area contributed by atoms with Crippen LogP contribution in [0, 0.1) is 0 Å². The van der Waals surface area contributed by atoms with Crippen LogP contribution in [0.15, 0.2) is 26.8 Å². The van der Waals surface area contributed by atoms with Gasteiger partial charge in [-0.15, -0.1) is 0 Å². The van der Waals surface area contributed by atoms with Crippen LogP contribution in [0.2, 0.25) is 0 Å². The van der Waals surface area contributed by atoms with E-state index >= 15 is 0 Å². The van der Waals surface area contributed by atoms with Gasteiger partial charge in [-0.3, -0.25) is 18.5 Å². The maximum atomic E-state index is 12.8. The average Bonchev–Trinajstić information content (AvgIpc) is 2.85. The summed E-state index contributed by atoms with van der Waals surface area (Å²) >= 11 is 0. The third kappa shape index (κ3) is 1.83. The zero-order chi connectivity index (χ0) is 16.2. The summed E-state index contributed by atoms with van der Waals surface area (Å²) in [7, 11) is 1.61. The van der Waals surface area contributed by atoms with Crippen LogP contribution < -0.4 is 16.7 Å². The molecule has 3 rings (SSSR count). The van der Waals surface area contributed by atoms with E-state index in [9.17, 15) is 9.59 Å². The number of anilines is 1. The first-order valence-corrected chi connectivity index (χ1v) is 6.99. The molecule has 2 aromatic heterocycles. The van der Waals surface area contributed by atoms with E-state index in [-0.39, 0.29) is 18.1 Å². The molecule has 0 saturated heterocycles. The van der Waals surface area contributed by atoms with Crippen molar-refractivity contribution in [2.24, 2.45) is 12.1 Å². The lowest BCUT2D eigenvalue weighted by Gasteiger charge is -2.21. The summed E-state index contributed by atoms with van der Waals surface area (Å²) in [4.78, 5) is 29.5. The topological polar surface area (TPSA) is 86.2 Å². The van der Waals surface area contributed by atoms with Gasteiger partial charge in [0.2, 0.25) is 5.95 Å². The lowest BCUT2D eigenvalue weighted by atomic mass is 10.2. The highest BCUT2D eigenvalue weighted by Gasteiger charge is 2.26. The van der Waals surface area contributed by atoms with Crippen LogP contribution in [-0.4, -0.2) is 24.4 Å². The monoisotopic (exact) mass is 302 g/mol. The molecule has 0 aromatic carbocycles. The van der Waals surface area contributed by atoms with Crippen LogP contribution in [0.3, 0.4) is 0 Å². The maximum absolute atomic E-state index is 12.8. The Kier molecular flexibility index (Phi) is 3.05. The van der Waals surface area contributed by atoms with Crippen LogP contribution in [0.4, 0.5) is 5.95 Å². The van der Waals surface area contributed by atoms with E-state index in [2.05, 4.69) is 22.1 Å². The number of hydrogen-bond donors (Lipinski definition) is 1. The fourth-order valence-electron chi connectivity index (χ4n) is 2.62. The molecule has 8 nitrogen and oxygen atoms in total. The van der Waals surface area contributed by atoms with Gasteiger partial charge in [0.25, 0.3) is 5.56 Å². The Morgan fingerprint density at radius 1 is 1.41 bits per heavy atom. The summed E-state index contributed by atoms with van der Waals surface area (Å²) in [5, 5.41) is 4.17. The number of aromatic nitrogens is 4. The molecule has 8 heteroatoms. The molecule has 1 N–H and O–H groups in total. The van der Waals surface area contributed by atoms with Gasteiger partial charge in [0, 0.05) is 7.05 Å². The van der Waals surface area contributed by atoms with Crippen LogP contribution in [-0.2, 0) is 13.6 Å². The molecule has 0 saturated carbocycles. The fourth-order valence-corrected chi connectivity index (χ4v) is 2.62. The van der Waals surface area contributed by atoms with Gasteiger partial charge in [-0.1, -0.05) is 12.2 Å². The predicted octanol–water partition coefficient (Wildman–Crippen LogP) is 0.835. The molecule has 1 aliphatic heterocycles. The van der Waals surface area contributed by atoms with Crippen molar-refractivity contribution in [1.29, 1.82) is 0 Å². The van der Waals surface area contributed by atoms with Crippen LogP contribution in [0.5, 0.6) is 0 Å². The molecule has 0 fully saturated rings.